The van der Waals surface area contributed by atoms with E-state index in [1.165, 1.54) is 55.7 Å². The molecule has 5 N–H and O–H groups in total. The van der Waals surface area contributed by atoms with Crippen LogP contribution < -0.4 is 21.7 Å². The maximum atomic E-state index is 14.1. The highest BCUT2D eigenvalue weighted by Gasteiger charge is 2.34. The zero-order valence-corrected chi connectivity index (χ0v) is 31.8. The molecule has 1 aromatic heterocycles. The molecule has 1 heterocycles. The van der Waals surface area contributed by atoms with Crippen molar-refractivity contribution in [3.63, 3.8) is 0 Å². The van der Waals surface area contributed by atoms with Crippen LogP contribution in [0.2, 0.25) is 0 Å². The van der Waals surface area contributed by atoms with Gasteiger partial charge in [0.2, 0.25) is 11.8 Å². The Bertz CT molecular complexity index is 1540. The standard InChI is InChI=1S/C38H57N5O5S2/c1-25(2)20-33(36(44)41-32(18-19-50(4,47)48)21-27-10-12-29(23-39)13-11-27)42-37(45)34(43-38(46)35-24-40-26(3)49-35)22-28-14-16-31(17-15-28)30-8-6-5-7-9-30/h10-13,18-19,24-25,28,30-34H,5-9,14-17,20-23,39H2,1-4H3,(H,41,44)(H,42,45)(H,43,46)/b19-18+/t28?,31?,32-,33+,34+/m1/s1. The van der Waals surface area contributed by atoms with Crippen LogP contribution in [0, 0.1) is 30.6 Å². The molecular formula is C38H57N5O5S2. The van der Waals surface area contributed by atoms with Gasteiger partial charge in [0.15, 0.2) is 9.84 Å². The Kier molecular flexibility index (Phi) is 15.0. The summed E-state index contributed by atoms with van der Waals surface area (Å²) in [5.41, 5.74) is 7.61. The summed E-state index contributed by atoms with van der Waals surface area (Å²) < 4.78 is 24.0. The number of carbonyl (C=O) groups excluding carboxylic acids is 3. The van der Waals surface area contributed by atoms with Crippen LogP contribution in [-0.4, -0.2) is 55.5 Å². The minimum atomic E-state index is -3.45. The van der Waals surface area contributed by atoms with Gasteiger partial charge in [-0.2, -0.15) is 0 Å². The topological polar surface area (TPSA) is 160 Å². The highest BCUT2D eigenvalue weighted by molar-refractivity contribution is 7.93. The Morgan fingerprint density at radius 2 is 1.52 bits per heavy atom. The summed E-state index contributed by atoms with van der Waals surface area (Å²) in [5, 5.41) is 10.8. The van der Waals surface area contributed by atoms with Crippen LogP contribution in [0.1, 0.15) is 110 Å². The molecule has 4 rings (SSSR count). The second kappa shape index (κ2) is 18.9. The molecule has 0 aliphatic heterocycles. The summed E-state index contributed by atoms with van der Waals surface area (Å²) in [6.45, 7) is 6.18. The highest BCUT2D eigenvalue weighted by Crippen LogP contribution is 2.41. The molecule has 10 nitrogen and oxygen atoms in total. The highest BCUT2D eigenvalue weighted by atomic mass is 32.2. The van der Waals surface area contributed by atoms with Crippen LogP contribution in [-0.2, 0) is 32.4 Å². The Morgan fingerprint density at radius 1 is 0.900 bits per heavy atom. The van der Waals surface area contributed by atoms with Gasteiger partial charge in [0.1, 0.15) is 17.0 Å². The predicted octanol–water partition coefficient (Wildman–Crippen LogP) is 5.60. The Hall–Kier alpha value is -3.09. The third kappa shape index (κ3) is 12.9. The first-order valence-electron chi connectivity index (χ1n) is 18.3. The smallest absolute Gasteiger partial charge is 0.263 e. The van der Waals surface area contributed by atoms with E-state index in [0.717, 1.165) is 65.3 Å². The molecular weight excluding hydrogens is 671 g/mol. The van der Waals surface area contributed by atoms with Crippen molar-refractivity contribution < 1.29 is 22.8 Å². The normalized spacial score (nSPS) is 20.7. The first kappa shape index (κ1) is 39.7. The largest absolute Gasteiger partial charge is 0.348 e. The fraction of sp³-hybridized carbons (Fsp3) is 0.632. The van der Waals surface area contributed by atoms with E-state index in [-0.39, 0.29) is 11.8 Å². The lowest BCUT2D eigenvalue weighted by Gasteiger charge is -2.36. The van der Waals surface area contributed by atoms with Crippen molar-refractivity contribution in [2.24, 2.45) is 29.4 Å². The van der Waals surface area contributed by atoms with Gasteiger partial charge in [0, 0.05) is 18.2 Å². The third-order valence-electron chi connectivity index (χ3n) is 10.2. The van der Waals surface area contributed by atoms with Crippen LogP contribution in [0.25, 0.3) is 0 Å². The molecule has 276 valence electrons. The van der Waals surface area contributed by atoms with Gasteiger partial charge in [-0.15, -0.1) is 11.3 Å². The molecule has 0 spiro atoms. The van der Waals surface area contributed by atoms with E-state index in [1.54, 1.807) is 0 Å². The molecule has 2 aromatic rings. The molecule has 1 aromatic carbocycles. The quantitative estimate of drug-likeness (QED) is 0.175. The molecule has 2 aliphatic rings. The lowest BCUT2D eigenvalue weighted by atomic mass is 9.70. The Labute approximate surface area is 302 Å². The zero-order chi connectivity index (χ0) is 36.3. The van der Waals surface area contributed by atoms with Gasteiger partial charge in [0.25, 0.3) is 5.91 Å². The molecule has 12 heteroatoms. The summed E-state index contributed by atoms with van der Waals surface area (Å²) in [4.78, 5) is 45.9. The number of nitrogens with zero attached hydrogens (tertiary/aromatic N) is 1. The van der Waals surface area contributed by atoms with E-state index in [1.807, 2.05) is 45.0 Å². The molecule has 0 radical (unpaired) electrons. The molecule has 3 amide bonds. The molecule has 3 atom stereocenters. The van der Waals surface area contributed by atoms with Gasteiger partial charge in [-0.3, -0.25) is 14.4 Å². The molecule has 50 heavy (non-hydrogen) atoms. The summed E-state index contributed by atoms with van der Waals surface area (Å²) in [6, 6.07) is 5.28. The fourth-order valence-corrected chi connectivity index (χ4v) is 8.65. The van der Waals surface area contributed by atoms with Crippen molar-refractivity contribution in [1.29, 1.82) is 0 Å². The SMILES string of the molecule is Cc1ncc(C(=O)N[C@@H](CC2CCC(C3CCCCC3)CC2)C(=O)N[C@@H](CC(C)C)C(=O)N[C@H](/C=C/S(C)(=O)=O)Cc2ccc(CN)cc2)s1. The van der Waals surface area contributed by atoms with Gasteiger partial charge < -0.3 is 21.7 Å². The first-order chi connectivity index (χ1) is 23.8. The van der Waals surface area contributed by atoms with Gasteiger partial charge in [-0.05, 0) is 73.8 Å². The number of sulfone groups is 1. The third-order valence-corrected chi connectivity index (χ3v) is 11.7. The summed E-state index contributed by atoms with van der Waals surface area (Å²) >= 11 is 1.28. The number of rotatable bonds is 16. The van der Waals surface area contributed by atoms with Crippen LogP contribution in [0.15, 0.2) is 41.9 Å². The zero-order valence-electron chi connectivity index (χ0n) is 30.2. The number of carbonyl (C=O) groups is 3. The van der Waals surface area contributed by atoms with Crippen molar-refractivity contribution in [2.45, 2.75) is 122 Å². The molecule has 0 bridgehead atoms. The van der Waals surface area contributed by atoms with Gasteiger partial charge in [-0.1, -0.05) is 89.1 Å². The van der Waals surface area contributed by atoms with Crippen molar-refractivity contribution in [1.82, 2.24) is 20.9 Å². The first-order valence-corrected chi connectivity index (χ1v) is 21.1. The molecule has 2 aliphatic carbocycles. The lowest BCUT2D eigenvalue weighted by Crippen LogP contribution is -2.55. The van der Waals surface area contributed by atoms with E-state index >= 15 is 0 Å². The maximum Gasteiger partial charge on any atom is 0.263 e. The minimum Gasteiger partial charge on any atom is -0.348 e. The van der Waals surface area contributed by atoms with Crippen LogP contribution in [0.4, 0.5) is 0 Å². The van der Waals surface area contributed by atoms with Crippen LogP contribution in [0.3, 0.4) is 0 Å². The number of hydrogen-bond donors (Lipinski definition) is 4. The monoisotopic (exact) mass is 727 g/mol. The van der Waals surface area contributed by atoms with Gasteiger partial charge in [-0.25, -0.2) is 13.4 Å². The average Bonchev–Trinajstić information content (AvgIpc) is 3.53. The number of hydrogen-bond acceptors (Lipinski definition) is 8. The Balaban J connectivity index is 1.48. The molecule has 0 saturated heterocycles. The molecule has 2 fully saturated rings. The number of thiazole rings is 1. The van der Waals surface area contributed by atoms with Gasteiger partial charge in [0.05, 0.1) is 17.2 Å². The number of aryl methyl sites for hydroxylation is 1. The minimum absolute atomic E-state index is 0.0724. The second-order valence-corrected chi connectivity index (χ2v) is 18.0. The maximum absolute atomic E-state index is 14.1. The Morgan fingerprint density at radius 3 is 2.10 bits per heavy atom. The van der Waals surface area contributed by atoms with Crippen molar-refractivity contribution >= 4 is 38.9 Å². The molecule has 2 saturated carbocycles. The van der Waals surface area contributed by atoms with E-state index in [0.29, 0.717) is 36.6 Å². The summed E-state index contributed by atoms with van der Waals surface area (Å²) in [6.07, 6.45) is 16.3. The van der Waals surface area contributed by atoms with E-state index in [2.05, 4.69) is 20.9 Å². The molecule has 0 unspecified atom stereocenters. The predicted molar refractivity (Wildman–Crippen MR) is 200 cm³/mol. The summed E-state index contributed by atoms with van der Waals surface area (Å²) in [5.74, 6) is 0.778. The van der Waals surface area contributed by atoms with Crippen LogP contribution in [0.5, 0.6) is 0 Å². The van der Waals surface area contributed by atoms with Gasteiger partial charge >= 0.3 is 0 Å². The second-order valence-electron chi connectivity index (χ2n) is 14.9. The van der Waals surface area contributed by atoms with Crippen molar-refractivity contribution in [2.75, 3.05) is 6.26 Å². The van der Waals surface area contributed by atoms with E-state index in [9.17, 15) is 22.8 Å². The number of amides is 3. The van der Waals surface area contributed by atoms with E-state index < -0.39 is 39.8 Å². The summed E-state index contributed by atoms with van der Waals surface area (Å²) in [7, 11) is -3.45. The van der Waals surface area contributed by atoms with Crippen LogP contribution >= 0.6 is 11.3 Å². The fourth-order valence-electron chi connectivity index (χ4n) is 7.49. The van der Waals surface area contributed by atoms with Crippen molar-refractivity contribution in [3.05, 3.63) is 63.0 Å². The number of nitrogens with two attached hydrogens (primary N) is 1. The number of nitrogens with one attached hydrogen (secondary N) is 3. The number of benzene rings is 1. The lowest BCUT2D eigenvalue weighted by molar-refractivity contribution is -0.130. The average molecular weight is 728 g/mol. The number of aromatic nitrogens is 1. The van der Waals surface area contributed by atoms with Crippen molar-refractivity contribution in [3.8, 4) is 0 Å². The van der Waals surface area contributed by atoms with E-state index in [4.69, 9.17) is 5.73 Å².